The van der Waals surface area contributed by atoms with E-state index < -0.39 is 0 Å². The highest BCUT2D eigenvalue weighted by Gasteiger charge is 1.91. The smallest absolute Gasteiger partial charge is 0.0431 e. The van der Waals surface area contributed by atoms with Crippen LogP contribution in [0.2, 0.25) is 0 Å². The van der Waals surface area contributed by atoms with E-state index in [4.69, 9.17) is 5.11 Å². The van der Waals surface area contributed by atoms with Crippen LogP contribution in [0.5, 0.6) is 0 Å². The summed E-state index contributed by atoms with van der Waals surface area (Å²) >= 11 is 0. The van der Waals surface area contributed by atoms with E-state index in [1.165, 1.54) is 51.4 Å². The Hall–Kier alpha value is -0.820. The summed E-state index contributed by atoms with van der Waals surface area (Å²) in [6.45, 7) is 2.53. The Morgan fingerprint density at radius 3 is 1.62 bits per heavy atom. The van der Waals surface area contributed by atoms with Crippen molar-refractivity contribution >= 4 is 0 Å². The fourth-order valence-corrected chi connectivity index (χ4v) is 2.26. The standard InChI is InChI=1S/C20H36O/c1-2-3-4-5-6-7-8-9-10-11-12-13-14-15-16-17-18-19-20-21/h3-4,6-7,9-10,21H,2,5,8,11-20H2,1H3. The number of rotatable bonds is 15. The molecule has 0 spiro atoms. The van der Waals surface area contributed by atoms with Gasteiger partial charge in [0, 0.05) is 6.61 Å². The van der Waals surface area contributed by atoms with Crippen LogP contribution in [0.25, 0.3) is 0 Å². The van der Waals surface area contributed by atoms with Crippen molar-refractivity contribution in [2.75, 3.05) is 6.61 Å². The summed E-state index contributed by atoms with van der Waals surface area (Å²) in [6.07, 6.45) is 28.3. The van der Waals surface area contributed by atoms with Crippen molar-refractivity contribution in [2.45, 2.75) is 84.0 Å². The summed E-state index contributed by atoms with van der Waals surface area (Å²) in [5.74, 6) is 0. The van der Waals surface area contributed by atoms with Crippen LogP contribution in [0.3, 0.4) is 0 Å². The van der Waals surface area contributed by atoms with Crippen LogP contribution in [0.15, 0.2) is 36.5 Å². The summed E-state index contributed by atoms with van der Waals surface area (Å²) in [7, 11) is 0. The van der Waals surface area contributed by atoms with Gasteiger partial charge in [-0.05, 0) is 38.5 Å². The maximum atomic E-state index is 8.68. The van der Waals surface area contributed by atoms with E-state index in [0.717, 1.165) is 25.7 Å². The monoisotopic (exact) mass is 292 g/mol. The number of aliphatic hydroxyl groups excluding tert-OH is 1. The van der Waals surface area contributed by atoms with Gasteiger partial charge in [0.25, 0.3) is 0 Å². The number of unbranched alkanes of at least 4 members (excludes halogenated alkanes) is 8. The third kappa shape index (κ3) is 19.2. The molecule has 0 aliphatic carbocycles. The zero-order valence-corrected chi connectivity index (χ0v) is 14.1. The molecule has 0 rings (SSSR count). The second kappa shape index (κ2) is 19.2. The number of hydrogen-bond acceptors (Lipinski definition) is 1. The van der Waals surface area contributed by atoms with Crippen LogP contribution in [-0.4, -0.2) is 11.7 Å². The minimum atomic E-state index is 0.358. The number of hydrogen-bond donors (Lipinski definition) is 1. The highest BCUT2D eigenvalue weighted by atomic mass is 16.2. The molecular formula is C20H36O. The topological polar surface area (TPSA) is 20.2 Å². The molecule has 21 heavy (non-hydrogen) atoms. The molecule has 0 saturated heterocycles. The predicted molar refractivity (Wildman–Crippen MR) is 95.6 cm³/mol. The molecule has 0 radical (unpaired) electrons. The SMILES string of the molecule is CCC=CCC=CCC=CCCCCCCCCCCO. The molecule has 0 amide bonds. The van der Waals surface area contributed by atoms with Crippen LogP contribution in [0.4, 0.5) is 0 Å². The van der Waals surface area contributed by atoms with Crippen molar-refractivity contribution in [1.29, 1.82) is 0 Å². The molecule has 1 heteroatoms. The second-order valence-electron chi connectivity index (χ2n) is 5.63. The fourth-order valence-electron chi connectivity index (χ4n) is 2.26. The zero-order valence-electron chi connectivity index (χ0n) is 14.1. The maximum Gasteiger partial charge on any atom is 0.0431 e. The normalized spacial score (nSPS) is 12.3. The van der Waals surface area contributed by atoms with E-state index in [0.29, 0.717) is 6.61 Å². The largest absolute Gasteiger partial charge is 0.396 e. The molecule has 0 bridgehead atoms. The van der Waals surface area contributed by atoms with Gasteiger partial charge in [0.15, 0.2) is 0 Å². The fraction of sp³-hybridized carbons (Fsp3) is 0.700. The Kier molecular flexibility index (Phi) is 18.4. The van der Waals surface area contributed by atoms with Gasteiger partial charge >= 0.3 is 0 Å². The van der Waals surface area contributed by atoms with Crippen LogP contribution in [0.1, 0.15) is 84.0 Å². The van der Waals surface area contributed by atoms with Crippen molar-refractivity contribution in [1.82, 2.24) is 0 Å². The summed E-state index contributed by atoms with van der Waals surface area (Å²) < 4.78 is 0. The lowest BCUT2D eigenvalue weighted by Crippen LogP contribution is -1.84. The average molecular weight is 293 g/mol. The minimum absolute atomic E-state index is 0.358. The first-order valence-electron chi connectivity index (χ1n) is 8.97. The Morgan fingerprint density at radius 2 is 1.05 bits per heavy atom. The van der Waals surface area contributed by atoms with E-state index in [9.17, 15) is 0 Å². The molecule has 0 aromatic carbocycles. The first-order valence-corrected chi connectivity index (χ1v) is 8.97. The van der Waals surface area contributed by atoms with Crippen molar-refractivity contribution in [2.24, 2.45) is 0 Å². The molecule has 0 unspecified atom stereocenters. The lowest BCUT2D eigenvalue weighted by Gasteiger charge is -2.00. The van der Waals surface area contributed by atoms with Crippen molar-refractivity contribution in [3.8, 4) is 0 Å². The van der Waals surface area contributed by atoms with Gasteiger partial charge in [-0.2, -0.15) is 0 Å². The Bertz CT molecular complexity index is 263. The molecule has 0 heterocycles. The van der Waals surface area contributed by atoms with Gasteiger partial charge in [-0.15, -0.1) is 0 Å². The molecule has 0 saturated carbocycles. The molecular weight excluding hydrogens is 256 g/mol. The second-order valence-corrected chi connectivity index (χ2v) is 5.63. The van der Waals surface area contributed by atoms with Crippen molar-refractivity contribution < 1.29 is 5.11 Å². The van der Waals surface area contributed by atoms with Gasteiger partial charge in [0.05, 0.1) is 0 Å². The van der Waals surface area contributed by atoms with Gasteiger partial charge in [0.1, 0.15) is 0 Å². The average Bonchev–Trinajstić information content (AvgIpc) is 2.50. The quantitative estimate of drug-likeness (QED) is 0.275. The Balaban J connectivity index is 3.16. The first-order chi connectivity index (χ1) is 10.4. The molecule has 0 aliphatic heterocycles. The lowest BCUT2D eigenvalue weighted by molar-refractivity contribution is 0.282. The van der Waals surface area contributed by atoms with E-state index >= 15 is 0 Å². The molecule has 0 aliphatic rings. The third-order valence-corrected chi connectivity index (χ3v) is 3.56. The van der Waals surface area contributed by atoms with E-state index in [2.05, 4.69) is 43.4 Å². The van der Waals surface area contributed by atoms with Gasteiger partial charge < -0.3 is 5.11 Å². The van der Waals surface area contributed by atoms with Crippen LogP contribution in [-0.2, 0) is 0 Å². The lowest BCUT2D eigenvalue weighted by atomic mass is 10.1. The van der Waals surface area contributed by atoms with Crippen molar-refractivity contribution in [3.05, 3.63) is 36.5 Å². The maximum absolute atomic E-state index is 8.68. The molecule has 1 nitrogen and oxygen atoms in total. The highest BCUT2D eigenvalue weighted by molar-refractivity contribution is 4.96. The van der Waals surface area contributed by atoms with Crippen LogP contribution in [0, 0.1) is 0 Å². The minimum Gasteiger partial charge on any atom is -0.396 e. The molecule has 1 N–H and O–H groups in total. The summed E-state index contributed by atoms with van der Waals surface area (Å²) in [5, 5.41) is 8.68. The molecule has 0 fully saturated rings. The molecule has 0 atom stereocenters. The van der Waals surface area contributed by atoms with E-state index in [1.54, 1.807) is 0 Å². The van der Waals surface area contributed by atoms with Gasteiger partial charge in [0.2, 0.25) is 0 Å². The van der Waals surface area contributed by atoms with Gasteiger partial charge in [-0.1, -0.05) is 81.9 Å². The van der Waals surface area contributed by atoms with E-state index in [-0.39, 0.29) is 0 Å². The number of aliphatic hydroxyl groups is 1. The Labute approximate surface area is 132 Å². The van der Waals surface area contributed by atoms with Gasteiger partial charge in [-0.25, -0.2) is 0 Å². The summed E-state index contributed by atoms with van der Waals surface area (Å²) in [6, 6.07) is 0. The predicted octanol–water partition coefficient (Wildman–Crippen LogP) is 6.35. The van der Waals surface area contributed by atoms with E-state index in [1.807, 2.05) is 0 Å². The van der Waals surface area contributed by atoms with Crippen LogP contribution >= 0.6 is 0 Å². The number of allylic oxidation sites excluding steroid dienone is 6. The summed E-state index contributed by atoms with van der Waals surface area (Å²) in [5.41, 5.74) is 0. The molecule has 0 aromatic rings. The molecule has 122 valence electrons. The highest BCUT2D eigenvalue weighted by Crippen LogP contribution is 2.09. The summed E-state index contributed by atoms with van der Waals surface area (Å²) in [4.78, 5) is 0. The molecule has 0 aromatic heterocycles. The Morgan fingerprint density at radius 1 is 0.571 bits per heavy atom. The van der Waals surface area contributed by atoms with Gasteiger partial charge in [-0.3, -0.25) is 0 Å². The third-order valence-electron chi connectivity index (χ3n) is 3.56. The first kappa shape index (κ1) is 20.2. The van der Waals surface area contributed by atoms with Crippen LogP contribution < -0.4 is 0 Å². The zero-order chi connectivity index (χ0) is 15.4. The van der Waals surface area contributed by atoms with Crippen molar-refractivity contribution in [3.63, 3.8) is 0 Å².